The molecule has 0 bridgehead atoms. The lowest BCUT2D eigenvalue weighted by molar-refractivity contribution is -0.114. The molecule has 0 unspecified atom stereocenters. The molecule has 1 aromatic carbocycles. The fourth-order valence-corrected chi connectivity index (χ4v) is 2.65. The van der Waals surface area contributed by atoms with E-state index in [2.05, 4.69) is 0 Å². The highest BCUT2D eigenvalue weighted by molar-refractivity contribution is 6.52. The Hall–Kier alpha value is -1.64. The van der Waals surface area contributed by atoms with Gasteiger partial charge >= 0.3 is 0 Å². The number of hydrogen-bond donors (Lipinski definition) is 0. The minimum atomic E-state index is -0.346. The van der Waals surface area contributed by atoms with Crippen LogP contribution in [0.15, 0.2) is 18.2 Å². The lowest BCUT2D eigenvalue weighted by Gasteiger charge is -2.30. The summed E-state index contributed by atoms with van der Waals surface area (Å²) in [6, 6.07) is 5.55. The van der Waals surface area contributed by atoms with E-state index in [0.717, 1.165) is 11.3 Å². The summed E-state index contributed by atoms with van der Waals surface area (Å²) >= 11 is 0. The molecular weight excluding hydrogens is 214 g/mol. The zero-order chi connectivity index (χ0) is 12.0. The van der Waals surface area contributed by atoms with E-state index in [0.29, 0.717) is 18.0 Å². The van der Waals surface area contributed by atoms with Crippen molar-refractivity contribution in [2.45, 2.75) is 26.2 Å². The normalized spacial score (nSPS) is 19.5. The van der Waals surface area contributed by atoms with Crippen molar-refractivity contribution in [2.24, 2.45) is 5.92 Å². The second-order valence-corrected chi connectivity index (χ2v) is 5.01. The molecule has 0 radical (unpaired) electrons. The maximum absolute atomic E-state index is 12.0. The first-order valence-corrected chi connectivity index (χ1v) is 6.14. The topological polar surface area (TPSA) is 37.4 Å². The Bertz CT molecular complexity index is 503. The summed E-state index contributed by atoms with van der Waals surface area (Å²) in [5, 5.41) is 0. The molecular formula is C14H15NO2. The third-order valence-corrected chi connectivity index (χ3v) is 3.86. The van der Waals surface area contributed by atoms with Crippen LogP contribution in [-0.4, -0.2) is 18.2 Å². The molecule has 3 rings (SSSR count). The van der Waals surface area contributed by atoms with E-state index in [1.165, 1.54) is 19.3 Å². The Kier molecular flexibility index (Phi) is 2.28. The monoisotopic (exact) mass is 229 g/mol. The van der Waals surface area contributed by atoms with Crippen LogP contribution in [0.5, 0.6) is 0 Å². The molecule has 1 amide bonds. The van der Waals surface area contributed by atoms with Gasteiger partial charge in [0.2, 0.25) is 0 Å². The van der Waals surface area contributed by atoms with Crippen molar-refractivity contribution >= 4 is 17.4 Å². The molecule has 1 aliphatic heterocycles. The maximum Gasteiger partial charge on any atom is 0.299 e. The van der Waals surface area contributed by atoms with E-state index >= 15 is 0 Å². The maximum atomic E-state index is 12.0. The average Bonchev–Trinajstić information content (AvgIpc) is 2.49. The fraction of sp³-hybridized carbons (Fsp3) is 0.429. The number of nitrogens with zero attached hydrogens (tertiary/aromatic N) is 1. The largest absolute Gasteiger partial charge is 0.304 e. The van der Waals surface area contributed by atoms with Gasteiger partial charge in [0.15, 0.2) is 0 Å². The van der Waals surface area contributed by atoms with Crippen molar-refractivity contribution in [2.75, 3.05) is 11.4 Å². The van der Waals surface area contributed by atoms with Gasteiger partial charge in [-0.05, 0) is 37.3 Å². The molecule has 1 aliphatic carbocycles. The highest BCUT2D eigenvalue weighted by atomic mass is 16.2. The molecule has 0 saturated heterocycles. The molecule has 1 aromatic rings. The van der Waals surface area contributed by atoms with Crippen LogP contribution >= 0.6 is 0 Å². The fourth-order valence-electron chi connectivity index (χ4n) is 2.65. The molecule has 0 spiro atoms. The minimum absolute atomic E-state index is 0.344. The number of Topliss-reactive ketones (excluding diaryl/α,β-unsaturated/α-hetero) is 1. The summed E-state index contributed by atoms with van der Waals surface area (Å²) in [4.78, 5) is 25.5. The number of anilines is 1. The number of hydrogen-bond acceptors (Lipinski definition) is 2. The number of carbonyl (C=O) groups excluding carboxylic acids is 2. The Labute approximate surface area is 100 Å². The number of rotatable bonds is 2. The number of amides is 1. The van der Waals surface area contributed by atoms with Crippen LogP contribution in [0.3, 0.4) is 0 Å². The van der Waals surface area contributed by atoms with Crippen LogP contribution in [0.25, 0.3) is 0 Å². The van der Waals surface area contributed by atoms with Crippen LogP contribution in [0.2, 0.25) is 0 Å². The predicted octanol–water partition coefficient (Wildman–Crippen LogP) is 2.32. The van der Waals surface area contributed by atoms with E-state index in [4.69, 9.17) is 0 Å². The van der Waals surface area contributed by atoms with Gasteiger partial charge in [0.05, 0.1) is 11.3 Å². The zero-order valence-electron chi connectivity index (χ0n) is 9.90. The summed E-state index contributed by atoms with van der Waals surface area (Å²) in [6.45, 7) is 2.67. The molecule has 3 nitrogen and oxygen atoms in total. The number of aryl methyl sites for hydroxylation is 1. The van der Waals surface area contributed by atoms with Crippen molar-refractivity contribution in [3.63, 3.8) is 0 Å². The summed E-state index contributed by atoms with van der Waals surface area (Å²) in [7, 11) is 0. The van der Waals surface area contributed by atoms with Crippen LogP contribution in [0.4, 0.5) is 5.69 Å². The second-order valence-electron chi connectivity index (χ2n) is 5.01. The highest BCUT2D eigenvalue weighted by Crippen LogP contribution is 2.35. The van der Waals surface area contributed by atoms with Gasteiger partial charge in [0.1, 0.15) is 0 Å². The number of ketones is 1. The van der Waals surface area contributed by atoms with Gasteiger partial charge in [-0.3, -0.25) is 9.59 Å². The second kappa shape index (κ2) is 3.69. The third-order valence-electron chi connectivity index (χ3n) is 3.86. The first kappa shape index (κ1) is 10.5. The van der Waals surface area contributed by atoms with Gasteiger partial charge in [0.25, 0.3) is 11.7 Å². The van der Waals surface area contributed by atoms with Gasteiger partial charge in [-0.15, -0.1) is 0 Å². The van der Waals surface area contributed by atoms with E-state index in [1.807, 2.05) is 19.1 Å². The average molecular weight is 229 g/mol. The van der Waals surface area contributed by atoms with Crippen molar-refractivity contribution in [3.05, 3.63) is 29.3 Å². The van der Waals surface area contributed by atoms with E-state index < -0.39 is 0 Å². The first-order valence-electron chi connectivity index (χ1n) is 6.14. The smallest absolute Gasteiger partial charge is 0.299 e. The van der Waals surface area contributed by atoms with Crippen LogP contribution < -0.4 is 4.90 Å². The number of benzene rings is 1. The van der Waals surface area contributed by atoms with Gasteiger partial charge in [-0.2, -0.15) is 0 Å². The standard InChI is InChI=1S/C14H15NO2/c1-9-4-2-7-11-12(9)15(14(17)13(11)16)8-10-5-3-6-10/h2,4,7,10H,3,5-6,8H2,1H3. The molecule has 1 saturated carbocycles. The molecule has 1 heterocycles. The SMILES string of the molecule is Cc1cccc2c1N(CC1CCC1)C(=O)C2=O. The molecule has 88 valence electrons. The van der Waals surface area contributed by atoms with E-state index in [9.17, 15) is 9.59 Å². The molecule has 0 aromatic heterocycles. The molecule has 3 heteroatoms. The lowest BCUT2D eigenvalue weighted by Crippen LogP contribution is -2.36. The van der Waals surface area contributed by atoms with Gasteiger partial charge in [-0.25, -0.2) is 0 Å². The summed E-state index contributed by atoms with van der Waals surface area (Å²) in [6.07, 6.45) is 3.61. The van der Waals surface area contributed by atoms with Gasteiger partial charge in [0, 0.05) is 6.54 Å². The van der Waals surface area contributed by atoms with Gasteiger partial charge < -0.3 is 4.90 Å². The summed E-state index contributed by atoms with van der Waals surface area (Å²) < 4.78 is 0. The van der Waals surface area contributed by atoms with E-state index in [-0.39, 0.29) is 11.7 Å². The highest BCUT2D eigenvalue weighted by Gasteiger charge is 2.38. The lowest BCUT2D eigenvalue weighted by atomic mass is 9.85. The van der Waals surface area contributed by atoms with Crippen LogP contribution in [0, 0.1) is 12.8 Å². The van der Waals surface area contributed by atoms with Gasteiger partial charge in [-0.1, -0.05) is 18.6 Å². The van der Waals surface area contributed by atoms with Crippen LogP contribution in [0.1, 0.15) is 35.2 Å². The molecule has 2 aliphatic rings. The Morgan fingerprint density at radius 3 is 2.71 bits per heavy atom. The van der Waals surface area contributed by atoms with E-state index in [1.54, 1.807) is 11.0 Å². The number of carbonyl (C=O) groups is 2. The Morgan fingerprint density at radius 1 is 1.29 bits per heavy atom. The zero-order valence-corrected chi connectivity index (χ0v) is 9.90. The Balaban J connectivity index is 1.99. The summed E-state index contributed by atoms with van der Waals surface area (Å²) in [5.74, 6) is -0.110. The first-order chi connectivity index (χ1) is 8.18. The predicted molar refractivity (Wildman–Crippen MR) is 65.2 cm³/mol. The molecule has 0 N–H and O–H groups in total. The quantitative estimate of drug-likeness (QED) is 0.730. The molecule has 17 heavy (non-hydrogen) atoms. The van der Waals surface area contributed by atoms with Crippen molar-refractivity contribution in [1.82, 2.24) is 0 Å². The van der Waals surface area contributed by atoms with Crippen LogP contribution in [-0.2, 0) is 4.79 Å². The number of para-hydroxylation sites is 1. The van der Waals surface area contributed by atoms with Crippen molar-refractivity contribution < 1.29 is 9.59 Å². The number of fused-ring (bicyclic) bond motifs is 1. The Morgan fingerprint density at radius 2 is 2.06 bits per heavy atom. The molecule has 1 fully saturated rings. The minimum Gasteiger partial charge on any atom is -0.304 e. The summed E-state index contributed by atoms with van der Waals surface area (Å²) in [5.41, 5.74) is 2.43. The van der Waals surface area contributed by atoms with Crippen molar-refractivity contribution in [1.29, 1.82) is 0 Å². The third kappa shape index (κ3) is 1.49. The molecule has 0 atom stereocenters. The van der Waals surface area contributed by atoms with Crippen molar-refractivity contribution in [3.8, 4) is 0 Å².